The molecule has 1 aliphatic heterocycles. The lowest BCUT2D eigenvalue weighted by Crippen LogP contribution is -2.51. The fourth-order valence-corrected chi connectivity index (χ4v) is 4.95. The van der Waals surface area contributed by atoms with Gasteiger partial charge in [-0.3, -0.25) is 4.57 Å². The second-order valence-electron chi connectivity index (χ2n) is 7.32. The number of hydrogen-bond acceptors (Lipinski definition) is 6. The van der Waals surface area contributed by atoms with Gasteiger partial charge in [0, 0.05) is 12.6 Å². The van der Waals surface area contributed by atoms with Crippen LogP contribution in [-0.2, 0) is 14.8 Å². The molecule has 1 saturated heterocycles. The van der Waals surface area contributed by atoms with Crippen molar-refractivity contribution in [3.8, 4) is 0 Å². The third-order valence-electron chi connectivity index (χ3n) is 4.08. The number of aromatic nitrogens is 2. The molecule has 1 aromatic rings. The van der Waals surface area contributed by atoms with Crippen LogP contribution < -0.4 is 11.4 Å². The van der Waals surface area contributed by atoms with Crippen LogP contribution in [0.1, 0.15) is 27.2 Å². The zero-order valence-corrected chi connectivity index (χ0v) is 15.6. The number of ether oxygens (including phenoxy) is 2. The number of hydrogen-bond donors (Lipinski definition) is 2. The van der Waals surface area contributed by atoms with E-state index in [-0.39, 0.29) is 24.1 Å². The summed E-state index contributed by atoms with van der Waals surface area (Å²) in [4.78, 5) is 16.2. The normalized spacial score (nSPS) is 28.5. The van der Waals surface area contributed by atoms with Crippen LogP contribution in [0.25, 0.3) is 0 Å². The van der Waals surface area contributed by atoms with Gasteiger partial charge in [0.05, 0.1) is 27.1 Å². The summed E-state index contributed by atoms with van der Waals surface area (Å²) in [6, 6.07) is 1.59. The van der Waals surface area contributed by atoms with E-state index in [1.54, 1.807) is 12.3 Å². The Morgan fingerprint density at radius 1 is 1.57 bits per heavy atom. The van der Waals surface area contributed by atoms with Gasteiger partial charge in [-0.1, -0.05) is 13.1 Å². The topological polar surface area (TPSA) is 99.6 Å². The van der Waals surface area contributed by atoms with Gasteiger partial charge >= 0.3 is 5.69 Å². The first-order valence-electron chi connectivity index (χ1n) is 7.91. The molecule has 8 heteroatoms. The lowest BCUT2D eigenvalue weighted by molar-refractivity contribution is -0.113. The van der Waals surface area contributed by atoms with E-state index in [0.29, 0.717) is 6.42 Å². The first-order valence-corrected chi connectivity index (χ1v) is 10.8. The zero-order chi connectivity index (χ0) is 17.4. The molecule has 0 bridgehead atoms. The molecular formula is C15H27N3O4Si. The average molecular weight is 341 g/mol. The predicted molar refractivity (Wildman–Crippen MR) is 91.0 cm³/mol. The SMILES string of the molecule is C[SiH](C)[C@]1(n2ccc(N)nc2=O)C[C@H](OC(C)(C)C)[C@@H](CO)O1. The third kappa shape index (κ3) is 3.65. The van der Waals surface area contributed by atoms with Gasteiger partial charge < -0.3 is 20.3 Å². The molecule has 0 radical (unpaired) electrons. The molecule has 3 atom stereocenters. The molecular weight excluding hydrogens is 314 g/mol. The lowest BCUT2D eigenvalue weighted by Gasteiger charge is -2.34. The first-order chi connectivity index (χ1) is 10.6. The highest BCUT2D eigenvalue weighted by molar-refractivity contribution is 6.58. The Kier molecular flexibility index (Phi) is 5.00. The Bertz CT molecular complexity index is 613. The van der Waals surface area contributed by atoms with Crippen molar-refractivity contribution in [3.05, 3.63) is 22.7 Å². The Hall–Kier alpha value is -1.22. The second kappa shape index (κ2) is 6.35. The zero-order valence-electron chi connectivity index (χ0n) is 14.4. The van der Waals surface area contributed by atoms with Crippen LogP contribution in [0, 0.1) is 0 Å². The fraction of sp³-hybridized carbons (Fsp3) is 0.733. The average Bonchev–Trinajstić information content (AvgIpc) is 2.76. The number of nitrogen functional groups attached to an aromatic ring is 1. The number of aliphatic hydroxyl groups excluding tert-OH is 1. The largest absolute Gasteiger partial charge is 0.394 e. The maximum Gasteiger partial charge on any atom is 0.351 e. The molecule has 1 aliphatic rings. The van der Waals surface area contributed by atoms with Crippen LogP contribution in [0.2, 0.25) is 13.1 Å². The molecule has 3 N–H and O–H groups in total. The standard InChI is InChI=1S/C15H27N3O4Si/c1-14(2,3)21-10-8-15(23(4)5,22-11(10)9-19)18-7-6-12(16)17-13(18)20/h6-7,10-11,19,23H,8-9H2,1-5H3,(H2,16,17,20)/t10-,11+,15-/m0/s1. The fourth-order valence-electron chi connectivity index (χ4n) is 3.04. The van der Waals surface area contributed by atoms with Gasteiger partial charge in [0.25, 0.3) is 0 Å². The number of rotatable bonds is 4. The van der Waals surface area contributed by atoms with E-state index in [0.717, 1.165) is 0 Å². The monoisotopic (exact) mass is 341 g/mol. The van der Waals surface area contributed by atoms with Crippen molar-refractivity contribution in [2.75, 3.05) is 12.3 Å². The summed E-state index contributed by atoms with van der Waals surface area (Å²) in [7, 11) is -1.52. The molecule has 0 unspecified atom stereocenters. The molecule has 0 spiro atoms. The molecule has 0 saturated carbocycles. The van der Waals surface area contributed by atoms with Crippen LogP contribution in [-0.4, -0.2) is 47.9 Å². The predicted octanol–water partition coefficient (Wildman–Crippen LogP) is 0.469. The molecule has 0 aliphatic carbocycles. The van der Waals surface area contributed by atoms with E-state index in [4.69, 9.17) is 15.2 Å². The van der Waals surface area contributed by atoms with Crippen molar-refractivity contribution in [2.24, 2.45) is 0 Å². The summed E-state index contributed by atoms with van der Waals surface area (Å²) < 4.78 is 13.8. The number of nitrogens with two attached hydrogens (primary N) is 1. The first kappa shape index (κ1) is 18.1. The minimum Gasteiger partial charge on any atom is -0.394 e. The number of anilines is 1. The molecule has 0 aromatic carbocycles. The van der Waals surface area contributed by atoms with Crippen molar-refractivity contribution in [1.82, 2.24) is 9.55 Å². The van der Waals surface area contributed by atoms with Gasteiger partial charge in [0.15, 0.2) is 0 Å². The van der Waals surface area contributed by atoms with E-state index >= 15 is 0 Å². The van der Waals surface area contributed by atoms with E-state index in [2.05, 4.69) is 18.1 Å². The summed E-state index contributed by atoms with van der Waals surface area (Å²) in [5, 5.41) is 8.92. The van der Waals surface area contributed by atoms with Crippen LogP contribution in [0.5, 0.6) is 0 Å². The van der Waals surface area contributed by atoms with Crippen LogP contribution in [0.4, 0.5) is 5.82 Å². The Morgan fingerprint density at radius 3 is 2.70 bits per heavy atom. The van der Waals surface area contributed by atoms with Crippen molar-refractivity contribution in [2.45, 2.75) is 63.4 Å². The quantitative estimate of drug-likeness (QED) is 0.772. The minimum absolute atomic E-state index is 0.152. The van der Waals surface area contributed by atoms with E-state index in [1.165, 1.54) is 4.57 Å². The summed E-state index contributed by atoms with van der Waals surface area (Å²) in [5.74, 6) is 0.186. The van der Waals surface area contributed by atoms with Gasteiger partial charge in [0.1, 0.15) is 17.3 Å². The van der Waals surface area contributed by atoms with Crippen molar-refractivity contribution in [1.29, 1.82) is 0 Å². The Morgan fingerprint density at radius 2 is 2.22 bits per heavy atom. The van der Waals surface area contributed by atoms with Gasteiger partial charge in [-0.25, -0.2) is 4.79 Å². The molecule has 1 aromatic heterocycles. The number of nitrogens with zero attached hydrogens (tertiary/aromatic N) is 2. The van der Waals surface area contributed by atoms with E-state index in [9.17, 15) is 9.90 Å². The van der Waals surface area contributed by atoms with Crippen molar-refractivity contribution in [3.63, 3.8) is 0 Å². The highest BCUT2D eigenvalue weighted by atomic mass is 28.3. The van der Waals surface area contributed by atoms with Crippen LogP contribution >= 0.6 is 0 Å². The molecule has 2 heterocycles. The lowest BCUT2D eigenvalue weighted by atomic mass is 10.1. The molecule has 1 fully saturated rings. The minimum atomic E-state index is -1.52. The van der Waals surface area contributed by atoms with Gasteiger partial charge in [-0.05, 0) is 26.8 Å². The van der Waals surface area contributed by atoms with Crippen molar-refractivity contribution >= 4 is 14.6 Å². The summed E-state index contributed by atoms with van der Waals surface area (Å²) in [6.45, 7) is 9.95. The second-order valence-corrected chi connectivity index (χ2v) is 10.5. The van der Waals surface area contributed by atoms with Crippen LogP contribution in [0.15, 0.2) is 17.1 Å². The maximum absolute atomic E-state index is 12.3. The Labute approximate surface area is 138 Å². The van der Waals surface area contributed by atoms with Gasteiger partial charge in [-0.15, -0.1) is 0 Å². The third-order valence-corrected chi connectivity index (χ3v) is 6.54. The van der Waals surface area contributed by atoms with E-state index < -0.39 is 25.9 Å². The molecule has 7 nitrogen and oxygen atoms in total. The summed E-state index contributed by atoms with van der Waals surface area (Å²) >= 11 is 0. The number of aliphatic hydroxyl groups is 1. The highest BCUT2D eigenvalue weighted by Gasteiger charge is 2.51. The molecule has 130 valence electrons. The summed E-state index contributed by atoms with van der Waals surface area (Å²) in [6.07, 6.45) is 1.41. The smallest absolute Gasteiger partial charge is 0.351 e. The summed E-state index contributed by atoms with van der Waals surface area (Å²) in [5.41, 5.74) is 4.80. The Balaban J connectivity index is 2.44. The highest BCUT2D eigenvalue weighted by Crippen LogP contribution is 2.39. The molecule has 2 rings (SSSR count). The van der Waals surface area contributed by atoms with Crippen molar-refractivity contribution < 1.29 is 14.6 Å². The maximum atomic E-state index is 12.3. The molecule has 23 heavy (non-hydrogen) atoms. The van der Waals surface area contributed by atoms with E-state index in [1.807, 2.05) is 20.8 Å². The van der Waals surface area contributed by atoms with Gasteiger partial charge in [-0.2, -0.15) is 4.98 Å². The van der Waals surface area contributed by atoms with Gasteiger partial charge in [0.2, 0.25) is 0 Å². The van der Waals surface area contributed by atoms with Crippen LogP contribution in [0.3, 0.4) is 0 Å². The molecule has 0 amide bonds.